The first-order valence-corrected chi connectivity index (χ1v) is 6.21. The molecule has 2 amide bonds. The van der Waals surface area contributed by atoms with Crippen molar-refractivity contribution in [1.29, 1.82) is 0 Å². The minimum absolute atomic E-state index is 0.00937. The fraction of sp³-hybridized carbons (Fsp3) is 0.429. The summed E-state index contributed by atoms with van der Waals surface area (Å²) in [6.07, 6.45) is 0. The monoisotopic (exact) mass is 246 g/mol. The van der Waals surface area contributed by atoms with Gasteiger partial charge in [0.25, 0.3) is 0 Å². The Morgan fingerprint density at radius 2 is 2.00 bits per heavy atom. The van der Waals surface area contributed by atoms with Crippen LogP contribution in [-0.2, 0) is 9.59 Å². The zero-order valence-electron chi connectivity index (χ0n) is 10.7. The maximum Gasteiger partial charge on any atom is 0.242 e. The molecule has 0 aromatic heterocycles. The van der Waals surface area contributed by atoms with Crippen LogP contribution in [-0.4, -0.2) is 35.8 Å². The molecule has 0 saturated carbocycles. The molecule has 1 aromatic rings. The summed E-state index contributed by atoms with van der Waals surface area (Å²) in [5.41, 5.74) is 1.18. The predicted octanol–water partition coefficient (Wildman–Crippen LogP) is 1.14. The van der Waals surface area contributed by atoms with E-state index in [9.17, 15) is 9.59 Å². The van der Waals surface area contributed by atoms with Crippen molar-refractivity contribution in [3.05, 3.63) is 35.9 Å². The van der Waals surface area contributed by atoms with Crippen molar-refractivity contribution in [2.75, 3.05) is 13.1 Å². The molecule has 1 aliphatic heterocycles. The highest BCUT2D eigenvalue weighted by molar-refractivity contribution is 5.94. The topological polar surface area (TPSA) is 49.4 Å². The molecule has 0 aliphatic carbocycles. The minimum Gasteiger partial charge on any atom is -0.345 e. The Balaban J connectivity index is 2.08. The van der Waals surface area contributed by atoms with E-state index >= 15 is 0 Å². The van der Waals surface area contributed by atoms with Crippen LogP contribution in [0.2, 0.25) is 0 Å². The normalized spacial score (nSPS) is 21.7. The standard InChI is InChI=1S/C14H18N2O2/c1-10(12-6-4-3-5-7-12)9-16-11(2)14(18)15-8-13(16)17/h3-7,10-11H,8-9H2,1-2H3,(H,15,18). The third kappa shape index (κ3) is 2.53. The second-order valence-electron chi connectivity index (χ2n) is 4.75. The SMILES string of the molecule is CC(CN1C(=O)CNC(=O)C1C)c1ccccc1. The minimum atomic E-state index is -0.377. The smallest absolute Gasteiger partial charge is 0.242 e. The van der Waals surface area contributed by atoms with Gasteiger partial charge in [-0.05, 0) is 18.4 Å². The van der Waals surface area contributed by atoms with Gasteiger partial charge in [-0.2, -0.15) is 0 Å². The highest BCUT2D eigenvalue weighted by Crippen LogP contribution is 2.18. The first-order chi connectivity index (χ1) is 8.59. The Bertz CT molecular complexity index is 444. The third-order valence-electron chi connectivity index (χ3n) is 3.42. The van der Waals surface area contributed by atoms with Crippen molar-refractivity contribution >= 4 is 11.8 Å². The molecular formula is C14H18N2O2. The molecule has 18 heavy (non-hydrogen) atoms. The second-order valence-corrected chi connectivity index (χ2v) is 4.75. The molecule has 1 fully saturated rings. The molecule has 1 heterocycles. The van der Waals surface area contributed by atoms with E-state index in [1.807, 2.05) is 30.3 Å². The van der Waals surface area contributed by atoms with Gasteiger partial charge in [-0.1, -0.05) is 37.3 Å². The molecule has 4 nitrogen and oxygen atoms in total. The number of nitrogens with one attached hydrogen (secondary N) is 1. The fourth-order valence-corrected chi connectivity index (χ4v) is 2.21. The summed E-state index contributed by atoms with van der Waals surface area (Å²) >= 11 is 0. The Kier molecular flexibility index (Phi) is 3.65. The lowest BCUT2D eigenvalue weighted by atomic mass is 9.99. The van der Waals surface area contributed by atoms with Crippen LogP contribution in [0.3, 0.4) is 0 Å². The number of amides is 2. The predicted molar refractivity (Wildman–Crippen MR) is 69.0 cm³/mol. The number of rotatable bonds is 3. The first-order valence-electron chi connectivity index (χ1n) is 6.21. The average molecular weight is 246 g/mol. The van der Waals surface area contributed by atoms with Crippen LogP contribution >= 0.6 is 0 Å². The molecule has 1 aromatic carbocycles. The van der Waals surface area contributed by atoms with Gasteiger partial charge in [-0.15, -0.1) is 0 Å². The van der Waals surface area contributed by atoms with Crippen LogP contribution in [0, 0.1) is 0 Å². The zero-order valence-corrected chi connectivity index (χ0v) is 10.7. The van der Waals surface area contributed by atoms with E-state index in [1.165, 1.54) is 5.56 Å². The molecule has 0 spiro atoms. The van der Waals surface area contributed by atoms with E-state index in [4.69, 9.17) is 0 Å². The van der Waals surface area contributed by atoms with Gasteiger partial charge in [0, 0.05) is 6.54 Å². The van der Waals surface area contributed by atoms with E-state index in [0.717, 1.165) is 0 Å². The summed E-state index contributed by atoms with van der Waals surface area (Å²) in [5.74, 6) is 0.142. The van der Waals surface area contributed by atoms with Gasteiger partial charge in [-0.25, -0.2) is 0 Å². The lowest BCUT2D eigenvalue weighted by Crippen LogP contribution is -2.57. The number of piperazine rings is 1. The summed E-state index contributed by atoms with van der Waals surface area (Å²) in [7, 11) is 0. The van der Waals surface area contributed by atoms with Gasteiger partial charge >= 0.3 is 0 Å². The Morgan fingerprint density at radius 3 is 2.67 bits per heavy atom. The molecule has 1 N–H and O–H groups in total. The highest BCUT2D eigenvalue weighted by atomic mass is 16.2. The number of benzene rings is 1. The fourth-order valence-electron chi connectivity index (χ4n) is 2.21. The summed E-state index contributed by atoms with van der Waals surface area (Å²) in [6.45, 7) is 4.54. The first kappa shape index (κ1) is 12.6. The molecule has 1 aliphatic rings. The van der Waals surface area contributed by atoms with Crippen molar-refractivity contribution in [3.8, 4) is 0 Å². The quantitative estimate of drug-likeness (QED) is 0.869. The van der Waals surface area contributed by atoms with E-state index in [1.54, 1.807) is 11.8 Å². The summed E-state index contributed by atoms with van der Waals surface area (Å²) in [6, 6.07) is 9.66. The number of hydrogen-bond acceptors (Lipinski definition) is 2. The average Bonchev–Trinajstić information content (AvgIpc) is 2.40. The highest BCUT2D eigenvalue weighted by Gasteiger charge is 2.31. The van der Waals surface area contributed by atoms with E-state index < -0.39 is 0 Å². The Hall–Kier alpha value is -1.84. The van der Waals surface area contributed by atoms with Gasteiger partial charge < -0.3 is 10.2 Å². The molecule has 2 unspecified atom stereocenters. The largest absolute Gasteiger partial charge is 0.345 e. The van der Waals surface area contributed by atoms with E-state index in [0.29, 0.717) is 6.54 Å². The van der Waals surface area contributed by atoms with Crippen LogP contribution < -0.4 is 5.32 Å². The maximum atomic E-state index is 11.8. The van der Waals surface area contributed by atoms with Crippen LogP contribution in [0.4, 0.5) is 0 Å². The van der Waals surface area contributed by atoms with Gasteiger partial charge in [0.1, 0.15) is 6.04 Å². The van der Waals surface area contributed by atoms with Crippen molar-refractivity contribution in [2.45, 2.75) is 25.8 Å². The Labute approximate surface area is 107 Å². The lowest BCUT2D eigenvalue weighted by molar-refractivity contribution is -0.145. The molecular weight excluding hydrogens is 228 g/mol. The van der Waals surface area contributed by atoms with Crippen molar-refractivity contribution in [2.24, 2.45) is 0 Å². The molecule has 96 valence electrons. The van der Waals surface area contributed by atoms with Crippen LogP contribution in [0.1, 0.15) is 25.3 Å². The third-order valence-corrected chi connectivity index (χ3v) is 3.42. The number of carbonyl (C=O) groups excluding carboxylic acids is 2. The Morgan fingerprint density at radius 1 is 1.33 bits per heavy atom. The van der Waals surface area contributed by atoms with Gasteiger partial charge in [-0.3, -0.25) is 9.59 Å². The van der Waals surface area contributed by atoms with Crippen molar-refractivity contribution < 1.29 is 9.59 Å². The van der Waals surface area contributed by atoms with Gasteiger partial charge in [0.15, 0.2) is 0 Å². The van der Waals surface area contributed by atoms with Gasteiger partial charge in [0.05, 0.1) is 6.54 Å². The number of hydrogen-bond donors (Lipinski definition) is 1. The van der Waals surface area contributed by atoms with Crippen LogP contribution in [0.25, 0.3) is 0 Å². The number of nitrogens with zero attached hydrogens (tertiary/aromatic N) is 1. The molecule has 4 heteroatoms. The van der Waals surface area contributed by atoms with Crippen molar-refractivity contribution in [3.63, 3.8) is 0 Å². The maximum absolute atomic E-state index is 11.8. The lowest BCUT2D eigenvalue weighted by Gasteiger charge is -2.34. The summed E-state index contributed by atoms with van der Waals surface area (Å²) in [5, 5.41) is 2.59. The summed E-state index contributed by atoms with van der Waals surface area (Å²) < 4.78 is 0. The molecule has 2 atom stereocenters. The van der Waals surface area contributed by atoms with Gasteiger partial charge in [0.2, 0.25) is 11.8 Å². The van der Waals surface area contributed by atoms with E-state index in [2.05, 4.69) is 12.2 Å². The number of carbonyl (C=O) groups is 2. The molecule has 0 bridgehead atoms. The second kappa shape index (κ2) is 5.21. The van der Waals surface area contributed by atoms with Crippen LogP contribution in [0.15, 0.2) is 30.3 Å². The van der Waals surface area contributed by atoms with Crippen LogP contribution in [0.5, 0.6) is 0 Å². The van der Waals surface area contributed by atoms with Crippen molar-refractivity contribution in [1.82, 2.24) is 10.2 Å². The molecule has 0 radical (unpaired) electrons. The summed E-state index contributed by atoms with van der Waals surface area (Å²) in [4.78, 5) is 25.1. The molecule has 2 rings (SSSR count). The molecule has 1 saturated heterocycles. The zero-order chi connectivity index (χ0) is 13.1. The van der Waals surface area contributed by atoms with E-state index in [-0.39, 0.29) is 30.3 Å².